The van der Waals surface area contributed by atoms with Crippen molar-refractivity contribution in [3.05, 3.63) is 72.3 Å². The normalized spacial score (nSPS) is 13.4. The molecule has 3 N–H and O–H groups in total. The number of allylic oxidation sites excluding steroid dienone is 1. The molecule has 0 radical (unpaired) electrons. The molecule has 2 aromatic carbocycles. The van der Waals surface area contributed by atoms with Gasteiger partial charge >= 0.3 is 12.1 Å². The lowest BCUT2D eigenvalue weighted by Crippen LogP contribution is -2.47. The highest BCUT2D eigenvalue weighted by atomic mass is 16.5. The molecular formula is C27H32N2O5. The Morgan fingerprint density at radius 1 is 1.09 bits per heavy atom. The second-order valence-corrected chi connectivity index (χ2v) is 9.19. The molecule has 7 heteroatoms. The van der Waals surface area contributed by atoms with E-state index in [2.05, 4.69) is 17.2 Å². The summed E-state index contributed by atoms with van der Waals surface area (Å²) in [5.74, 6) is -1.58. The highest BCUT2D eigenvalue weighted by Crippen LogP contribution is 2.44. The van der Waals surface area contributed by atoms with Crippen LogP contribution in [0.5, 0.6) is 0 Å². The van der Waals surface area contributed by atoms with Crippen LogP contribution in [-0.2, 0) is 14.3 Å². The van der Waals surface area contributed by atoms with E-state index in [1.54, 1.807) is 0 Å². The largest absolute Gasteiger partial charge is 0.481 e. The lowest BCUT2D eigenvalue weighted by Gasteiger charge is -2.22. The number of alkyl carbamates (subject to hydrolysis) is 1. The predicted octanol–water partition coefficient (Wildman–Crippen LogP) is 4.48. The molecule has 1 aliphatic carbocycles. The van der Waals surface area contributed by atoms with Gasteiger partial charge in [-0.1, -0.05) is 68.5 Å². The maximum Gasteiger partial charge on any atom is 0.407 e. The zero-order valence-electron chi connectivity index (χ0n) is 19.7. The molecule has 0 aromatic heterocycles. The van der Waals surface area contributed by atoms with Crippen molar-refractivity contribution in [3.63, 3.8) is 0 Å². The van der Waals surface area contributed by atoms with Crippen LogP contribution in [0.15, 0.2) is 61.2 Å². The average Bonchev–Trinajstić information content (AvgIpc) is 3.14. The number of hydrogen-bond donors (Lipinski definition) is 3. The topological polar surface area (TPSA) is 105 Å². The Hall–Kier alpha value is -3.61. The monoisotopic (exact) mass is 464 g/mol. The molecule has 1 aliphatic rings. The van der Waals surface area contributed by atoms with Crippen LogP contribution in [0.4, 0.5) is 4.79 Å². The zero-order valence-corrected chi connectivity index (χ0v) is 19.7. The van der Waals surface area contributed by atoms with Crippen LogP contribution >= 0.6 is 0 Å². The summed E-state index contributed by atoms with van der Waals surface area (Å²) in [6.45, 7) is 8.28. The van der Waals surface area contributed by atoms with Gasteiger partial charge in [-0.2, -0.15) is 0 Å². The van der Waals surface area contributed by atoms with Gasteiger partial charge in [0.2, 0.25) is 5.91 Å². The molecule has 0 saturated carbocycles. The Labute approximate surface area is 200 Å². The number of fused-ring (bicyclic) bond motifs is 3. The lowest BCUT2D eigenvalue weighted by atomic mass is 9.90. The molecule has 0 bridgehead atoms. The molecule has 2 aromatic rings. The highest BCUT2D eigenvalue weighted by molar-refractivity contribution is 5.86. The number of benzene rings is 2. The van der Waals surface area contributed by atoms with Crippen molar-refractivity contribution in [2.75, 3.05) is 13.2 Å². The number of amides is 2. The van der Waals surface area contributed by atoms with Crippen molar-refractivity contribution in [2.45, 2.75) is 45.1 Å². The summed E-state index contributed by atoms with van der Waals surface area (Å²) < 4.78 is 5.51. The van der Waals surface area contributed by atoms with E-state index in [-0.39, 0.29) is 30.8 Å². The van der Waals surface area contributed by atoms with Crippen molar-refractivity contribution in [2.24, 2.45) is 5.41 Å². The molecule has 0 fully saturated rings. The van der Waals surface area contributed by atoms with Gasteiger partial charge in [0.15, 0.2) is 0 Å². The van der Waals surface area contributed by atoms with Crippen LogP contribution < -0.4 is 10.6 Å². The van der Waals surface area contributed by atoms with Crippen LogP contribution in [0.1, 0.15) is 50.2 Å². The van der Waals surface area contributed by atoms with E-state index in [0.717, 1.165) is 22.3 Å². The highest BCUT2D eigenvalue weighted by Gasteiger charge is 2.30. The van der Waals surface area contributed by atoms with Gasteiger partial charge in [-0.05, 0) is 40.5 Å². The van der Waals surface area contributed by atoms with E-state index in [0.29, 0.717) is 13.0 Å². The summed E-state index contributed by atoms with van der Waals surface area (Å²) in [5, 5.41) is 14.4. The van der Waals surface area contributed by atoms with Gasteiger partial charge in [0.1, 0.15) is 12.6 Å². The second kappa shape index (κ2) is 11.0. The molecule has 0 aliphatic heterocycles. The number of ether oxygens (including phenoxy) is 1. The molecule has 180 valence electrons. The smallest absolute Gasteiger partial charge is 0.407 e. The molecular weight excluding hydrogens is 432 g/mol. The predicted molar refractivity (Wildman–Crippen MR) is 130 cm³/mol. The molecule has 0 saturated heterocycles. The fourth-order valence-electron chi connectivity index (χ4n) is 4.05. The van der Waals surface area contributed by atoms with Crippen molar-refractivity contribution in [1.29, 1.82) is 0 Å². The number of hydrogen-bond acceptors (Lipinski definition) is 4. The minimum absolute atomic E-state index is 0.0315. The number of carboxylic acid groups (broad SMARTS) is 1. The fraction of sp³-hybridized carbons (Fsp3) is 0.370. The van der Waals surface area contributed by atoms with E-state index in [4.69, 9.17) is 9.84 Å². The fourth-order valence-corrected chi connectivity index (χ4v) is 4.05. The zero-order chi connectivity index (χ0) is 24.7. The Kier molecular flexibility index (Phi) is 8.10. The number of rotatable bonds is 11. The Bertz CT molecular complexity index is 1020. The van der Waals surface area contributed by atoms with Crippen molar-refractivity contribution in [1.82, 2.24) is 10.6 Å². The molecule has 34 heavy (non-hydrogen) atoms. The van der Waals surface area contributed by atoms with E-state index in [9.17, 15) is 14.4 Å². The summed E-state index contributed by atoms with van der Waals surface area (Å²) >= 11 is 0. The molecule has 2 amide bonds. The Morgan fingerprint density at radius 2 is 1.68 bits per heavy atom. The van der Waals surface area contributed by atoms with Crippen molar-refractivity contribution in [3.8, 4) is 11.1 Å². The number of nitrogens with one attached hydrogen (secondary N) is 2. The first-order valence-corrected chi connectivity index (χ1v) is 11.5. The van der Waals surface area contributed by atoms with Gasteiger partial charge in [0.05, 0.1) is 0 Å². The molecule has 0 heterocycles. The molecule has 7 nitrogen and oxygen atoms in total. The lowest BCUT2D eigenvalue weighted by molar-refractivity contribution is -0.137. The van der Waals surface area contributed by atoms with Crippen LogP contribution in [0.25, 0.3) is 11.1 Å². The molecule has 1 atom stereocenters. The van der Waals surface area contributed by atoms with Gasteiger partial charge in [-0.25, -0.2) is 4.79 Å². The van der Waals surface area contributed by atoms with E-state index in [1.807, 2.05) is 68.5 Å². The Morgan fingerprint density at radius 3 is 2.24 bits per heavy atom. The van der Waals surface area contributed by atoms with E-state index >= 15 is 0 Å². The summed E-state index contributed by atoms with van der Waals surface area (Å²) in [6, 6.07) is 15.0. The second-order valence-electron chi connectivity index (χ2n) is 9.19. The first-order valence-electron chi connectivity index (χ1n) is 11.5. The summed E-state index contributed by atoms with van der Waals surface area (Å²) in [6.07, 6.45) is 1.45. The number of carbonyl (C=O) groups excluding carboxylic acids is 2. The number of aliphatic carboxylic acids is 1. The quantitative estimate of drug-likeness (QED) is 0.426. The van der Waals surface area contributed by atoms with Crippen molar-refractivity contribution < 1.29 is 24.2 Å². The third-order valence-electron chi connectivity index (χ3n) is 6.22. The van der Waals surface area contributed by atoms with Gasteiger partial charge < -0.3 is 20.5 Å². The molecule has 1 unspecified atom stereocenters. The average molecular weight is 465 g/mol. The van der Waals surface area contributed by atoms with E-state index < -0.39 is 24.0 Å². The molecule has 3 rings (SSSR count). The van der Waals surface area contributed by atoms with Crippen LogP contribution in [0.3, 0.4) is 0 Å². The first kappa shape index (κ1) is 25.0. The van der Waals surface area contributed by atoms with Crippen LogP contribution in [0, 0.1) is 5.41 Å². The minimum Gasteiger partial charge on any atom is -0.481 e. The number of carboxylic acids is 1. The standard InChI is InChI=1S/C27H32N2O5/c1-4-27(2,3)15-16-28-25(32)23(13-14-24(30)31)29-26(33)34-17-22-20-11-7-5-9-18(20)19-10-6-8-12-21(19)22/h4-12,22-23H,1,13-17H2,2-3H3,(H,28,32)(H,29,33)(H,30,31). The van der Waals surface area contributed by atoms with Crippen molar-refractivity contribution >= 4 is 18.0 Å². The SMILES string of the molecule is C=CC(C)(C)CCNC(=O)C(CCC(=O)O)NC(=O)OCC1c2ccccc2-c2ccccc21. The number of carbonyl (C=O) groups is 3. The van der Waals surface area contributed by atoms with Gasteiger partial charge in [-0.3, -0.25) is 9.59 Å². The summed E-state index contributed by atoms with van der Waals surface area (Å²) in [7, 11) is 0. The maximum absolute atomic E-state index is 12.7. The van der Waals surface area contributed by atoms with Crippen LogP contribution in [0.2, 0.25) is 0 Å². The third kappa shape index (κ3) is 6.25. The third-order valence-corrected chi connectivity index (χ3v) is 6.22. The van der Waals surface area contributed by atoms with Crippen LogP contribution in [-0.4, -0.2) is 42.3 Å². The Balaban J connectivity index is 1.61. The van der Waals surface area contributed by atoms with Gasteiger partial charge in [0, 0.05) is 18.9 Å². The van der Waals surface area contributed by atoms with Gasteiger partial charge in [-0.15, -0.1) is 6.58 Å². The summed E-state index contributed by atoms with van der Waals surface area (Å²) in [5.41, 5.74) is 4.26. The maximum atomic E-state index is 12.7. The minimum atomic E-state index is -1.04. The van der Waals surface area contributed by atoms with Gasteiger partial charge in [0.25, 0.3) is 0 Å². The molecule has 0 spiro atoms. The summed E-state index contributed by atoms with van der Waals surface area (Å²) in [4.78, 5) is 36.3. The van der Waals surface area contributed by atoms with E-state index in [1.165, 1.54) is 0 Å². The first-order chi connectivity index (χ1) is 16.2.